The molecule has 0 aliphatic heterocycles. The van der Waals surface area contributed by atoms with Crippen LogP contribution in [-0.2, 0) is 14.3 Å². The Hall–Kier alpha value is -1.36. The van der Waals surface area contributed by atoms with Crippen LogP contribution >= 0.6 is 0 Å². The van der Waals surface area contributed by atoms with Gasteiger partial charge in [-0.25, -0.2) is 4.79 Å². The van der Waals surface area contributed by atoms with E-state index in [0.717, 1.165) is 18.9 Å². The molecule has 0 spiro atoms. The molecule has 28 heavy (non-hydrogen) atoms. The number of carboxylic acid groups (broad SMARTS) is 1. The summed E-state index contributed by atoms with van der Waals surface area (Å²) in [6.45, 7) is 5.33. The number of unbranched alkanes of at least 4 members (excludes halogenated alkanes) is 14. The third-order valence-corrected chi connectivity index (χ3v) is 4.50. The number of carbonyl (C=O) groups is 2. The summed E-state index contributed by atoms with van der Waals surface area (Å²) in [7, 11) is 0. The largest absolute Gasteiger partial charge is 0.481 e. The van der Waals surface area contributed by atoms with Gasteiger partial charge in [-0.3, -0.25) is 4.79 Å². The molecule has 0 fully saturated rings. The maximum absolute atomic E-state index is 10.3. The van der Waals surface area contributed by atoms with Crippen molar-refractivity contribution in [2.24, 2.45) is 0 Å². The van der Waals surface area contributed by atoms with E-state index in [0.29, 0.717) is 6.42 Å². The van der Waals surface area contributed by atoms with E-state index in [4.69, 9.17) is 10.2 Å². The summed E-state index contributed by atoms with van der Waals surface area (Å²) >= 11 is 0. The minimum absolute atomic E-state index is 0.0465. The van der Waals surface area contributed by atoms with E-state index in [1.807, 2.05) is 0 Å². The molecule has 0 bridgehead atoms. The molecule has 0 aliphatic carbocycles. The van der Waals surface area contributed by atoms with Crippen molar-refractivity contribution in [2.45, 2.75) is 110 Å². The first-order chi connectivity index (χ1) is 13.6. The molecule has 0 rings (SSSR count). The number of hydrogen-bond donors (Lipinski definition) is 2. The topological polar surface area (TPSA) is 83.8 Å². The Kier molecular flexibility index (Phi) is 26.4. The van der Waals surface area contributed by atoms with Crippen molar-refractivity contribution in [1.29, 1.82) is 0 Å². The summed E-state index contributed by atoms with van der Waals surface area (Å²) in [5.41, 5.74) is 0. The third kappa shape index (κ3) is 29.4. The maximum atomic E-state index is 10.3. The summed E-state index contributed by atoms with van der Waals surface area (Å²) in [4.78, 5) is 20.5. The van der Waals surface area contributed by atoms with Gasteiger partial charge in [-0.05, 0) is 6.42 Å². The van der Waals surface area contributed by atoms with Gasteiger partial charge in [0.25, 0.3) is 0 Å². The third-order valence-electron chi connectivity index (χ3n) is 4.50. The molecule has 2 N–H and O–H groups in total. The Balaban J connectivity index is 0. The number of aliphatic hydroxyl groups is 1. The van der Waals surface area contributed by atoms with Gasteiger partial charge in [0.2, 0.25) is 0 Å². The fraction of sp³-hybridized carbons (Fsp3) is 0.826. The number of carbonyl (C=O) groups excluding carboxylic acids is 1. The molecule has 0 heterocycles. The Morgan fingerprint density at radius 3 is 1.50 bits per heavy atom. The van der Waals surface area contributed by atoms with Crippen LogP contribution in [0.4, 0.5) is 0 Å². The van der Waals surface area contributed by atoms with Gasteiger partial charge in [0.15, 0.2) is 0 Å². The SMILES string of the molecule is C=CC(=O)OCCO.CCCCCCCCCCCCCCCCCC(=O)O. The molecule has 166 valence electrons. The molecule has 0 atom stereocenters. The first-order valence-electron chi connectivity index (χ1n) is 11.2. The van der Waals surface area contributed by atoms with Crippen LogP contribution in [0.5, 0.6) is 0 Å². The minimum Gasteiger partial charge on any atom is -0.481 e. The Labute approximate surface area is 172 Å². The lowest BCUT2D eigenvalue weighted by atomic mass is 10.0. The number of hydrogen-bond acceptors (Lipinski definition) is 4. The molecule has 0 aromatic rings. The summed E-state index contributed by atoms with van der Waals surface area (Å²) in [5, 5.41) is 16.6. The molecule has 0 amide bonds. The molecule has 0 saturated heterocycles. The van der Waals surface area contributed by atoms with Crippen molar-refractivity contribution >= 4 is 11.9 Å². The van der Waals surface area contributed by atoms with Gasteiger partial charge in [-0.2, -0.15) is 0 Å². The van der Waals surface area contributed by atoms with E-state index in [9.17, 15) is 9.59 Å². The normalized spacial score (nSPS) is 10.1. The van der Waals surface area contributed by atoms with Crippen LogP contribution in [0.15, 0.2) is 12.7 Å². The number of esters is 1. The van der Waals surface area contributed by atoms with Crippen molar-refractivity contribution in [3.63, 3.8) is 0 Å². The molecule has 0 unspecified atom stereocenters. The number of ether oxygens (including phenoxy) is 1. The van der Waals surface area contributed by atoms with Gasteiger partial charge in [-0.15, -0.1) is 0 Å². The fourth-order valence-corrected chi connectivity index (χ4v) is 2.85. The van der Waals surface area contributed by atoms with Crippen LogP contribution < -0.4 is 0 Å². The number of aliphatic hydroxyl groups excluding tert-OH is 1. The Morgan fingerprint density at radius 1 is 0.786 bits per heavy atom. The molecular formula is C23H44O5. The van der Waals surface area contributed by atoms with Crippen LogP contribution in [0.1, 0.15) is 110 Å². The highest BCUT2D eigenvalue weighted by atomic mass is 16.5. The van der Waals surface area contributed by atoms with Crippen molar-refractivity contribution < 1.29 is 24.5 Å². The van der Waals surface area contributed by atoms with Gasteiger partial charge in [0.05, 0.1) is 6.61 Å². The molecule has 5 heteroatoms. The van der Waals surface area contributed by atoms with Gasteiger partial charge in [0.1, 0.15) is 6.61 Å². The van der Waals surface area contributed by atoms with E-state index in [1.54, 1.807) is 0 Å². The summed E-state index contributed by atoms with van der Waals surface area (Å²) in [6, 6.07) is 0. The van der Waals surface area contributed by atoms with E-state index in [2.05, 4.69) is 18.2 Å². The van der Waals surface area contributed by atoms with Gasteiger partial charge in [0, 0.05) is 12.5 Å². The van der Waals surface area contributed by atoms with Crippen molar-refractivity contribution in [3.8, 4) is 0 Å². The summed E-state index contributed by atoms with van der Waals surface area (Å²) < 4.78 is 4.33. The lowest BCUT2D eigenvalue weighted by molar-refractivity contribution is -0.139. The Bertz CT molecular complexity index is 355. The number of carboxylic acids is 1. The minimum atomic E-state index is -0.653. The van der Waals surface area contributed by atoms with Crippen molar-refractivity contribution in [3.05, 3.63) is 12.7 Å². The summed E-state index contributed by atoms with van der Waals surface area (Å²) in [5.74, 6) is -1.15. The van der Waals surface area contributed by atoms with Crippen molar-refractivity contribution in [1.82, 2.24) is 0 Å². The van der Waals surface area contributed by atoms with Crippen LogP contribution in [0, 0.1) is 0 Å². The second-order valence-corrected chi connectivity index (χ2v) is 7.19. The average molecular weight is 401 g/mol. The van der Waals surface area contributed by atoms with E-state index in [-0.39, 0.29) is 13.2 Å². The predicted molar refractivity (Wildman–Crippen MR) is 115 cm³/mol. The zero-order valence-corrected chi connectivity index (χ0v) is 18.1. The highest BCUT2D eigenvalue weighted by molar-refractivity contribution is 5.81. The molecule has 5 nitrogen and oxygen atoms in total. The van der Waals surface area contributed by atoms with Gasteiger partial charge < -0.3 is 14.9 Å². The van der Waals surface area contributed by atoms with Crippen LogP contribution in [-0.4, -0.2) is 35.4 Å². The van der Waals surface area contributed by atoms with E-state index >= 15 is 0 Å². The maximum Gasteiger partial charge on any atom is 0.330 e. The van der Waals surface area contributed by atoms with Crippen LogP contribution in [0.3, 0.4) is 0 Å². The standard InChI is InChI=1S/C18H36O2.C5H8O3/c1-2-3-4-5-6-7-8-9-10-11-12-13-14-15-16-17-18(19)20;1-2-5(7)8-4-3-6/h2-17H2,1H3,(H,19,20);2,6H,1,3-4H2. The molecule has 0 saturated carbocycles. The second kappa shape index (κ2) is 25.6. The second-order valence-electron chi connectivity index (χ2n) is 7.19. The lowest BCUT2D eigenvalue weighted by Gasteiger charge is -2.03. The highest BCUT2D eigenvalue weighted by Gasteiger charge is 1.97. The highest BCUT2D eigenvalue weighted by Crippen LogP contribution is 2.13. The number of rotatable bonds is 19. The Morgan fingerprint density at radius 2 is 1.18 bits per heavy atom. The quantitative estimate of drug-likeness (QED) is 0.157. The van der Waals surface area contributed by atoms with Crippen LogP contribution in [0.2, 0.25) is 0 Å². The smallest absolute Gasteiger partial charge is 0.330 e. The van der Waals surface area contributed by atoms with Gasteiger partial charge in [-0.1, -0.05) is 103 Å². The van der Waals surface area contributed by atoms with E-state index < -0.39 is 11.9 Å². The summed E-state index contributed by atoms with van der Waals surface area (Å²) in [6.07, 6.45) is 21.3. The van der Waals surface area contributed by atoms with Gasteiger partial charge >= 0.3 is 11.9 Å². The first kappa shape index (κ1) is 28.8. The van der Waals surface area contributed by atoms with E-state index in [1.165, 1.54) is 83.5 Å². The molecule has 0 aliphatic rings. The monoisotopic (exact) mass is 400 g/mol. The number of aliphatic carboxylic acids is 1. The molecule has 0 radical (unpaired) electrons. The molecule has 0 aromatic heterocycles. The first-order valence-corrected chi connectivity index (χ1v) is 11.2. The molecule has 0 aromatic carbocycles. The molecular weight excluding hydrogens is 356 g/mol. The average Bonchev–Trinajstić information content (AvgIpc) is 2.69. The lowest BCUT2D eigenvalue weighted by Crippen LogP contribution is -2.04. The fourth-order valence-electron chi connectivity index (χ4n) is 2.85. The van der Waals surface area contributed by atoms with Crippen LogP contribution in [0.25, 0.3) is 0 Å². The van der Waals surface area contributed by atoms with Crippen molar-refractivity contribution in [2.75, 3.05) is 13.2 Å². The zero-order valence-electron chi connectivity index (χ0n) is 18.1. The zero-order chi connectivity index (χ0) is 21.3. The predicted octanol–water partition coefficient (Wildman–Crippen LogP) is 6.04.